The Bertz CT molecular complexity index is 847. The molecule has 1 aliphatic carbocycles. The summed E-state index contributed by atoms with van der Waals surface area (Å²) in [5, 5.41) is 8.06. The van der Waals surface area contributed by atoms with E-state index in [0.717, 1.165) is 37.2 Å². The highest BCUT2D eigenvalue weighted by atomic mass is 16.7. The summed E-state index contributed by atoms with van der Waals surface area (Å²) in [4.78, 5) is 10.4. The maximum Gasteiger partial charge on any atom is 0.149 e. The number of allylic oxidation sites excluding steroid dienone is 1. The van der Waals surface area contributed by atoms with Crippen molar-refractivity contribution in [3.8, 4) is 0 Å². The molecule has 1 atom stereocenters. The topological polar surface area (TPSA) is 45.6 Å². The van der Waals surface area contributed by atoms with Crippen molar-refractivity contribution in [1.29, 1.82) is 0 Å². The first-order valence-electron chi connectivity index (χ1n) is 10.4. The van der Waals surface area contributed by atoms with Crippen molar-refractivity contribution in [1.82, 2.24) is 20.4 Å². The Hall–Kier alpha value is -2.05. The van der Waals surface area contributed by atoms with Gasteiger partial charge in [0.1, 0.15) is 5.76 Å². The Kier molecular flexibility index (Phi) is 4.32. The van der Waals surface area contributed by atoms with Crippen LogP contribution in [0.4, 0.5) is 0 Å². The van der Waals surface area contributed by atoms with Crippen LogP contribution in [0.3, 0.4) is 0 Å². The maximum absolute atomic E-state index is 5.87. The lowest BCUT2D eigenvalue weighted by Gasteiger charge is -2.35. The van der Waals surface area contributed by atoms with Crippen molar-refractivity contribution in [2.45, 2.75) is 57.9 Å². The fourth-order valence-corrected chi connectivity index (χ4v) is 4.33. The van der Waals surface area contributed by atoms with Gasteiger partial charge in [-0.2, -0.15) is 15.0 Å². The number of para-hydroxylation sites is 1. The number of hydrogen-bond donors (Lipinski definition) is 1. The van der Waals surface area contributed by atoms with Crippen molar-refractivity contribution < 1.29 is 4.84 Å². The van der Waals surface area contributed by atoms with Crippen LogP contribution in [0.25, 0.3) is 10.9 Å². The van der Waals surface area contributed by atoms with Gasteiger partial charge >= 0.3 is 0 Å². The average Bonchev–Trinajstić information content (AvgIpc) is 3.31. The van der Waals surface area contributed by atoms with Crippen LogP contribution in [0.2, 0.25) is 0 Å². The van der Waals surface area contributed by atoms with E-state index in [1.54, 1.807) is 0 Å². The van der Waals surface area contributed by atoms with E-state index in [1.165, 1.54) is 30.3 Å². The van der Waals surface area contributed by atoms with Gasteiger partial charge < -0.3 is 9.74 Å². The molecule has 1 aromatic carbocycles. The summed E-state index contributed by atoms with van der Waals surface area (Å²) in [7, 11) is 0. The molecule has 1 saturated carbocycles. The number of rotatable bonds is 5. The molecule has 6 nitrogen and oxygen atoms in total. The summed E-state index contributed by atoms with van der Waals surface area (Å²) in [5.74, 6) is 2.13. The van der Waals surface area contributed by atoms with Crippen LogP contribution < -0.4 is 10.7 Å². The normalized spacial score (nSPS) is 22.9. The Morgan fingerprint density at radius 2 is 1.93 bits per heavy atom. The maximum atomic E-state index is 5.87. The minimum atomic E-state index is 0.479. The first kappa shape index (κ1) is 17.1. The van der Waals surface area contributed by atoms with Gasteiger partial charge in [-0.3, -0.25) is 0 Å². The Balaban J connectivity index is 1.35. The molecule has 1 saturated heterocycles. The van der Waals surface area contributed by atoms with Crippen molar-refractivity contribution in [2.24, 2.45) is 5.92 Å². The lowest BCUT2D eigenvalue weighted by Crippen LogP contribution is -2.40. The van der Waals surface area contributed by atoms with Crippen LogP contribution in [0, 0.1) is 5.92 Å². The second-order valence-corrected chi connectivity index (χ2v) is 8.20. The lowest BCUT2D eigenvalue weighted by molar-refractivity contribution is 0.0670. The summed E-state index contributed by atoms with van der Waals surface area (Å²) in [5.41, 5.74) is 5.40. The summed E-state index contributed by atoms with van der Waals surface area (Å²) in [6.07, 6.45) is 8.11. The molecule has 1 unspecified atom stereocenters. The van der Waals surface area contributed by atoms with Gasteiger partial charge in [0.25, 0.3) is 0 Å². The lowest BCUT2D eigenvalue weighted by atomic mass is 9.94. The summed E-state index contributed by atoms with van der Waals surface area (Å²) >= 11 is 0. The minimum absolute atomic E-state index is 0.479. The van der Waals surface area contributed by atoms with Crippen molar-refractivity contribution in [3.63, 3.8) is 0 Å². The van der Waals surface area contributed by atoms with Gasteiger partial charge in [0, 0.05) is 23.3 Å². The van der Waals surface area contributed by atoms with E-state index in [4.69, 9.17) is 9.94 Å². The second kappa shape index (κ2) is 6.84. The number of benzene rings is 1. The van der Waals surface area contributed by atoms with Crippen LogP contribution in [0.5, 0.6) is 0 Å². The van der Waals surface area contributed by atoms with Gasteiger partial charge in [-0.1, -0.05) is 25.1 Å². The van der Waals surface area contributed by atoms with Crippen LogP contribution in [-0.2, 0) is 4.84 Å². The molecular weight excluding hydrogens is 338 g/mol. The highest BCUT2D eigenvalue weighted by Crippen LogP contribution is 2.42. The monoisotopic (exact) mass is 367 g/mol. The molecule has 2 fully saturated rings. The molecule has 3 heterocycles. The molecule has 0 bridgehead atoms. The molecule has 1 N–H and O–H groups in total. The second-order valence-electron chi connectivity index (χ2n) is 8.20. The minimum Gasteiger partial charge on any atom is -0.390 e. The highest BCUT2D eigenvalue weighted by molar-refractivity contribution is 5.83. The van der Waals surface area contributed by atoms with Gasteiger partial charge in [0.2, 0.25) is 0 Å². The van der Waals surface area contributed by atoms with Gasteiger partial charge in [0.05, 0.1) is 17.4 Å². The molecular formula is C21H29N5O. The third-order valence-corrected chi connectivity index (χ3v) is 6.42. The molecule has 144 valence electrons. The fraction of sp³-hybridized carbons (Fsp3) is 0.571. The molecule has 5 rings (SSSR count). The van der Waals surface area contributed by atoms with Gasteiger partial charge in [-0.25, -0.2) is 0 Å². The zero-order valence-corrected chi connectivity index (χ0v) is 16.3. The molecule has 27 heavy (non-hydrogen) atoms. The van der Waals surface area contributed by atoms with E-state index in [9.17, 15) is 0 Å². The van der Waals surface area contributed by atoms with Crippen LogP contribution in [0.1, 0.15) is 57.6 Å². The molecule has 0 radical (unpaired) electrons. The van der Waals surface area contributed by atoms with Crippen LogP contribution in [0.15, 0.2) is 36.2 Å². The highest BCUT2D eigenvalue weighted by Gasteiger charge is 2.32. The zero-order chi connectivity index (χ0) is 18.4. The predicted octanol–water partition coefficient (Wildman–Crippen LogP) is 3.65. The molecule has 6 heteroatoms. The largest absolute Gasteiger partial charge is 0.390 e. The molecule has 1 aromatic heterocycles. The van der Waals surface area contributed by atoms with E-state index in [-0.39, 0.29) is 0 Å². The van der Waals surface area contributed by atoms with Crippen LogP contribution >= 0.6 is 0 Å². The molecule has 3 aliphatic rings. The summed E-state index contributed by atoms with van der Waals surface area (Å²) < 4.78 is 0. The zero-order valence-electron chi connectivity index (χ0n) is 16.3. The predicted molar refractivity (Wildman–Crippen MR) is 106 cm³/mol. The number of likely N-dealkylation sites (tertiary alicyclic amines) is 1. The van der Waals surface area contributed by atoms with E-state index in [0.29, 0.717) is 17.9 Å². The Labute approximate surface area is 160 Å². The van der Waals surface area contributed by atoms with Gasteiger partial charge in [-0.15, -0.1) is 0 Å². The number of nitrogens with one attached hydrogen (secondary N) is 1. The standard InChI is InChI=1S/C21H29N5O/c1-3-15(2)24-12-10-16(11-13-24)20-14-25(23-27-20)26-19-7-5-4-6-18(19)21(22-26)17-8-9-17/h4-7,14-17,23H,3,8-13H2,1-2H3. The molecule has 0 amide bonds. The first-order chi connectivity index (χ1) is 13.2. The number of nitrogens with zero attached hydrogens (tertiary/aromatic N) is 4. The Morgan fingerprint density at radius 3 is 2.67 bits per heavy atom. The molecule has 0 spiro atoms. The number of fused-ring (bicyclic) bond motifs is 1. The number of hydrogen-bond acceptors (Lipinski definition) is 5. The smallest absolute Gasteiger partial charge is 0.149 e. The van der Waals surface area contributed by atoms with Gasteiger partial charge in [0.15, 0.2) is 0 Å². The fourth-order valence-electron chi connectivity index (χ4n) is 4.33. The SMILES string of the molecule is CCC(C)N1CCC(C2=CN(n3nc(C4CC4)c4ccccc43)NO2)CC1. The third kappa shape index (κ3) is 3.11. The van der Waals surface area contributed by atoms with Crippen molar-refractivity contribution >= 4 is 10.9 Å². The summed E-state index contributed by atoms with van der Waals surface area (Å²) in [6, 6.07) is 9.16. The molecule has 2 aliphatic heterocycles. The Morgan fingerprint density at radius 1 is 1.15 bits per heavy atom. The number of piperidine rings is 1. The van der Waals surface area contributed by atoms with E-state index >= 15 is 0 Å². The van der Waals surface area contributed by atoms with Crippen LogP contribution in [-0.4, -0.2) is 33.9 Å². The number of hydrazine groups is 1. The number of aromatic nitrogens is 2. The van der Waals surface area contributed by atoms with E-state index < -0.39 is 0 Å². The average molecular weight is 367 g/mol. The quantitative estimate of drug-likeness (QED) is 0.874. The van der Waals surface area contributed by atoms with Crippen molar-refractivity contribution in [2.75, 3.05) is 18.2 Å². The molecule has 2 aromatic rings. The summed E-state index contributed by atoms with van der Waals surface area (Å²) in [6.45, 7) is 6.90. The van der Waals surface area contributed by atoms with Crippen molar-refractivity contribution in [3.05, 3.63) is 41.9 Å². The third-order valence-electron chi connectivity index (χ3n) is 6.42. The van der Waals surface area contributed by atoms with E-state index in [1.807, 2.05) is 9.91 Å². The van der Waals surface area contributed by atoms with Gasteiger partial charge in [-0.05, 0) is 63.8 Å². The first-order valence-corrected chi connectivity index (χ1v) is 10.4. The van der Waals surface area contributed by atoms with E-state index in [2.05, 4.69) is 54.8 Å².